The summed E-state index contributed by atoms with van der Waals surface area (Å²) in [5, 5.41) is 4.28. The van der Waals surface area contributed by atoms with E-state index in [4.69, 9.17) is 9.47 Å². The van der Waals surface area contributed by atoms with Gasteiger partial charge in [-0.05, 0) is 94.7 Å². The molecule has 43 heavy (non-hydrogen) atoms. The second kappa shape index (κ2) is 10.9. The molecule has 0 bridgehead atoms. The second-order valence-corrected chi connectivity index (χ2v) is 11.3. The molecule has 6 aromatic rings. The molecular weight excluding hydrogens is 558 g/mol. The summed E-state index contributed by atoms with van der Waals surface area (Å²) in [6.07, 6.45) is 1.77. The summed E-state index contributed by atoms with van der Waals surface area (Å²) >= 11 is 1.71. The Morgan fingerprint density at radius 3 is 1.91 bits per heavy atom. The van der Waals surface area contributed by atoms with Gasteiger partial charge in [-0.25, -0.2) is 0 Å². The molecule has 0 saturated heterocycles. The lowest BCUT2D eigenvalue weighted by atomic mass is 10.1. The minimum atomic E-state index is 0.0112. The Kier molecular flexibility index (Phi) is 6.75. The van der Waals surface area contributed by atoms with Gasteiger partial charge >= 0.3 is 0 Å². The number of amides is 2. The molecule has 7 nitrogen and oxygen atoms in total. The molecule has 0 spiro atoms. The van der Waals surface area contributed by atoms with Crippen LogP contribution in [0.25, 0.3) is 21.0 Å². The summed E-state index contributed by atoms with van der Waals surface area (Å²) < 4.78 is 11.7. The minimum Gasteiger partial charge on any atom is -0.497 e. The molecular formula is C35H27N3O4S. The number of nitrogens with zero attached hydrogens (tertiary/aromatic N) is 3. The van der Waals surface area contributed by atoms with Crippen LogP contribution in [-0.2, 0) is 13.1 Å². The fraction of sp³-hybridized carbons (Fsp3) is 0.114. The molecule has 0 fully saturated rings. The Bertz CT molecular complexity index is 2040. The second-order valence-electron chi connectivity index (χ2n) is 10.4. The van der Waals surface area contributed by atoms with E-state index in [1.807, 2.05) is 71.6 Å². The van der Waals surface area contributed by atoms with Crippen LogP contribution in [0.15, 0.2) is 103 Å². The average Bonchev–Trinajstić information content (AvgIpc) is 3.75. The molecule has 2 aliphatic heterocycles. The highest BCUT2D eigenvalue weighted by Gasteiger charge is 2.30. The first-order chi connectivity index (χ1) is 21.0. The quantitative estimate of drug-likeness (QED) is 0.215. The smallest absolute Gasteiger partial charge is 0.259 e. The van der Waals surface area contributed by atoms with Gasteiger partial charge in [0.05, 0.1) is 32.8 Å². The van der Waals surface area contributed by atoms with Gasteiger partial charge in [0.25, 0.3) is 11.8 Å². The van der Waals surface area contributed by atoms with Crippen LogP contribution in [0.1, 0.15) is 31.8 Å². The summed E-state index contributed by atoms with van der Waals surface area (Å²) in [4.78, 5) is 33.2. The molecule has 0 aliphatic carbocycles. The fourth-order valence-electron chi connectivity index (χ4n) is 5.58. The molecule has 4 aromatic carbocycles. The summed E-state index contributed by atoms with van der Waals surface area (Å²) in [5.74, 6) is 1.48. The highest BCUT2D eigenvalue weighted by molar-refractivity contribution is 7.17. The van der Waals surface area contributed by atoms with E-state index in [1.54, 1.807) is 42.7 Å². The van der Waals surface area contributed by atoms with Crippen LogP contribution in [0, 0.1) is 0 Å². The third-order valence-electron chi connectivity index (χ3n) is 7.89. The van der Waals surface area contributed by atoms with Gasteiger partial charge in [0.2, 0.25) is 0 Å². The van der Waals surface area contributed by atoms with Crippen molar-refractivity contribution in [1.29, 1.82) is 0 Å². The molecule has 4 heterocycles. The van der Waals surface area contributed by atoms with Crippen LogP contribution in [-0.4, -0.2) is 31.0 Å². The van der Waals surface area contributed by atoms with Crippen molar-refractivity contribution in [2.24, 2.45) is 0 Å². The standard InChI is InChI=1S/C18H14N2O2.C17H13NO2S/c1-22-15-6-4-13-11-20(18(21)16(13)10-15)14-5-7-17-12(9-14)3-2-8-19-17;1-20-14-4-2-12-10-18(17(19)15(12)9-14)13-3-5-16-11(8-13)6-7-21-16/h2-10H,11H2,1H3;2-9H,10H2,1H3. The molecule has 212 valence electrons. The van der Waals surface area contributed by atoms with E-state index in [0.717, 1.165) is 44.7 Å². The van der Waals surface area contributed by atoms with Gasteiger partial charge in [0.15, 0.2) is 0 Å². The molecule has 0 N–H and O–H groups in total. The van der Waals surface area contributed by atoms with Crippen LogP contribution in [0.2, 0.25) is 0 Å². The third kappa shape index (κ3) is 4.85. The van der Waals surface area contributed by atoms with Gasteiger partial charge < -0.3 is 19.3 Å². The molecule has 8 heteroatoms. The van der Waals surface area contributed by atoms with Gasteiger partial charge in [-0.2, -0.15) is 0 Å². The van der Waals surface area contributed by atoms with Gasteiger partial charge in [-0.1, -0.05) is 18.2 Å². The van der Waals surface area contributed by atoms with Gasteiger partial charge in [-0.15, -0.1) is 11.3 Å². The van der Waals surface area contributed by atoms with E-state index in [0.29, 0.717) is 24.4 Å². The number of hydrogen-bond acceptors (Lipinski definition) is 6. The molecule has 0 radical (unpaired) electrons. The van der Waals surface area contributed by atoms with E-state index in [9.17, 15) is 9.59 Å². The van der Waals surface area contributed by atoms with Crippen molar-refractivity contribution in [3.8, 4) is 11.5 Å². The van der Waals surface area contributed by atoms with Gasteiger partial charge in [0.1, 0.15) is 11.5 Å². The largest absolute Gasteiger partial charge is 0.497 e. The topological polar surface area (TPSA) is 72.0 Å². The summed E-state index contributed by atoms with van der Waals surface area (Å²) in [6.45, 7) is 1.21. The lowest BCUT2D eigenvalue weighted by molar-refractivity contribution is 0.0988. The Morgan fingerprint density at radius 2 is 1.28 bits per heavy atom. The number of ether oxygens (including phenoxy) is 2. The Balaban J connectivity index is 0.000000140. The predicted octanol–water partition coefficient (Wildman–Crippen LogP) is 7.47. The van der Waals surface area contributed by atoms with Crippen molar-refractivity contribution >= 4 is 55.5 Å². The Labute approximate surface area is 252 Å². The number of benzene rings is 4. The third-order valence-corrected chi connectivity index (χ3v) is 8.79. The number of carbonyl (C=O) groups excluding carboxylic acids is 2. The molecule has 2 aliphatic rings. The van der Waals surface area contributed by atoms with Gasteiger partial charge in [0, 0.05) is 38.8 Å². The first kappa shape index (κ1) is 26.7. The fourth-order valence-corrected chi connectivity index (χ4v) is 6.35. The number of thiophene rings is 1. The van der Waals surface area contributed by atoms with E-state index in [2.05, 4.69) is 28.6 Å². The number of aromatic nitrogens is 1. The number of fused-ring (bicyclic) bond motifs is 4. The monoisotopic (exact) mass is 585 g/mol. The van der Waals surface area contributed by atoms with E-state index < -0.39 is 0 Å². The zero-order chi connectivity index (χ0) is 29.5. The predicted molar refractivity (Wildman–Crippen MR) is 171 cm³/mol. The van der Waals surface area contributed by atoms with Crippen LogP contribution in [0.4, 0.5) is 11.4 Å². The van der Waals surface area contributed by atoms with Crippen LogP contribution < -0.4 is 19.3 Å². The number of anilines is 2. The lowest BCUT2D eigenvalue weighted by Gasteiger charge is -2.16. The maximum Gasteiger partial charge on any atom is 0.259 e. The zero-order valence-corrected chi connectivity index (χ0v) is 24.4. The minimum absolute atomic E-state index is 0.0112. The lowest BCUT2D eigenvalue weighted by Crippen LogP contribution is -2.22. The Hall–Kier alpha value is -5.21. The first-order valence-corrected chi connectivity index (χ1v) is 14.7. The summed E-state index contributed by atoms with van der Waals surface area (Å²) in [7, 11) is 3.22. The average molecular weight is 586 g/mol. The van der Waals surface area contributed by atoms with Gasteiger partial charge in [-0.3, -0.25) is 14.6 Å². The first-order valence-electron chi connectivity index (χ1n) is 13.8. The zero-order valence-electron chi connectivity index (χ0n) is 23.6. The molecule has 8 rings (SSSR count). The highest BCUT2D eigenvalue weighted by atomic mass is 32.1. The summed E-state index contributed by atoms with van der Waals surface area (Å²) in [6, 6.07) is 29.4. The van der Waals surface area contributed by atoms with Crippen molar-refractivity contribution < 1.29 is 19.1 Å². The number of rotatable bonds is 4. The number of carbonyl (C=O) groups is 2. The molecule has 0 unspecified atom stereocenters. The van der Waals surface area contributed by atoms with E-state index in [-0.39, 0.29) is 11.8 Å². The van der Waals surface area contributed by atoms with Crippen LogP contribution in [0.3, 0.4) is 0 Å². The highest BCUT2D eigenvalue weighted by Crippen LogP contribution is 2.34. The normalized spacial score (nSPS) is 13.6. The molecule has 2 amide bonds. The maximum absolute atomic E-state index is 12.7. The van der Waals surface area contributed by atoms with Crippen molar-refractivity contribution in [2.45, 2.75) is 13.1 Å². The molecule has 0 atom stereocenters. The van der Waals surface area contributed by atoms with Crippen LogP contribution >= 0.6 is 11.3 Å². The Morgan fingerprint density at radius 1 is 0.674 bits per heavy atom. The van der Waals surface area contributed by atoms with Crippen molar-refractivity contribution in [3.63, 3.8) is 0 Å². The van der Waals surface area contributed by atoms with Crippen molar-refractivity contribution in [2.75, 3.05) is 24.0 Å². The number of hydrogen-bond donors (Lipinski definition) is 0. The number of methoxy groups -OCH3 is 2. The van der Waals surface area contributed by atoms with E-state index in [1.165, 1.54) is 10.1 Å². The van der Waals surface area contributed by atoms with Crippen LogP contribution in [0.5, 0.6) is 11.5 Å². The summed E-state index contributed by atoms with van der Waals surface area (Å²) in [5.41, 5.74) is 6.28. The molecule has 0 saturated carbocycles. The van der Waals surface area contributed by atoms with Crippen molar-refractivity contribution in [3.05, 3.63) is 125 Å². The van der Waals surface area contributed by atoms with E-state index >= 15 is 0 Å². The SMILES string of the molecule is COc1ccc2c(c1)C(=O)N(c1ccc3ncccc3c1)C2.COc1ccc2c(c1)C(=O)N(c1ccc3sccc3c1)C2. The number of pyridine rings is 1. The maximum atomic E-state index is 12.7. The van der Waals surface area contributed by atoms with Crippen molar-refractivity contribution in [1.82, 2.24) is 4.98 Å². The molecule has 2 aromatic heterocycles.